The smallest absolute Gasteiger partial charge is 0.225 e. The highest BCUT2D eigenvalue weighted by atomic mass is 16.2. The minimum atomic E-state index is -0.288. The van der Waals surface area contributed by atoms with Crippen LogP contribution in [0.15, 0.2) is 24.4 Å². The maximum atomic E-state index is 11.9. The molecule has 3 nitrogen and oxygen atoms in total. The van der Waals surface area contributed by atoms with Gasteiger partial charge in [0.1, 0.15) is 0 Å². The quantitative estimate of drug-likeness (QED) is 0.828. The van der Waals surface area contributed by atoms with E-state index >= 15 is 0 Å². The van der Waals surface area contributed by atoms with Crippen molar-refractivity contribution < 1.29 is 4.79 Å². The molecule has 1 N–H and O–H groups in total. The highest BCUT2D eigenvalue weighted by Crippen LogP contribution is 2.22. The van der Waals surface area contributed by atoms with Gasteiger partial charge in [-0.25, -0.2) is 0 Å². The van der Waals surface area contributed by atoms with Crippen molar-refractivity contribution in [2.24, 2.45) is 5.41 Å². The number of hydrogen-bond donors (Lipinski definition) is 1. The Bertz CT molecular complexity index is 333. The maximum Gasteiger partial charge on any atom is 0.225 e. The van der Waals surface area contributed by atoms with Gasteiger partial charge >= 0.3 is 0 Å². The Morgan fingerprint density at radius 2 is 2.19 bits per heavy atom. The van der Waals surface area contributed by atoms with Crippen LogP contribution in [-0.2, 0) is 11.3 Å². The molecule has 1 amide bonds. The Labute approximate surface area is 97.3 Å². The summed E-state index contributed by atoms with van der Waals surface area (Å²) in [5.41, 5.74) is 0.604. The molecule has 1 rings (SSSR count). The normalized spacial score (nSPS) is 11.2. The highest BCUT2D eigenvalue weighted by molar-refractivity contribution is 5.81. The monoisotopic (exact) mass is 220 g/mol. The second-order valence-corrected chi connectivity index (χ2v) is 4.64. The molecule has 0 aliphatic rings. The van der Waals surface area contributed by atoms with Gasteiger partial charge in [-0.05, 0) is 18.6 Å². The highest BCUT2D eigenvalue weighted by Gasteiger charge is 2.25. The first-order chi connectivity index (χ1) is 7.56. The summed E-state index contributed by atoms with van der Waals surface area (Å²) in [5.74, 6) is 0.0972. The van der Waals surface area contributed by atoms with Crippen molar-refractivity contribution in [1.82, 2.24) is 10.3 Å². The predicted molar refractivity (Wildman–Crippen MR) is 64.8 cm³/mol. The molecule has 1 aromatic rings. The van der Waals surface area contributed by atoms with Crippen LogP contribution < -0.4 is 5.32 Å². The molecule has 0 radical (unpaired) electrons. The van der Waals surface area contributed by atoms with E-state index in [9.17, 15) is 4.79 Å². The Morgan fingerprint density at radius 3 is 2.75 bits per heavy atom. The molecule has 0 saturated carbocycles. The molecule has 0 fully saturated rings. The van der Waals surface area contributed by atoms with Crippen molar-refractivity contribution in [3.05, 3.63) is 30.1 Å². The van der Waals surface area contributed by atoms with Crippen LogP contribution in [-0.4, -0.2) is 10.9 Å². The lowest BCUT2D eigenvalue weighted by Gasteiger charge is -2.22. The zero-order valence-corrected chi connectivity index (χ0v) is 10.3. The third-order valence-electron chi connectivity index (χ3n) is 2.65. The third-order valence-corrected chi connectivity index (χ3v) is 2.65. The van der Waals surface area contributed by atoms with Gasteiger partial charge in [0.15, 0.2) is 0 Å². The summed E-state index contributed by atoms with van der Waals surface area (Å²) in [7, 11) is 0. The standard InChI is InChI=1S/C13H20N2O/c1-4-8-13(2,3)12(16)15-10-11-7-5-6-9-14-11/h5-7,9H,4,8,10H2,1-3H3,(H,15,16). The Morgan fingerprint density at radius 1 is 1.44 bits per heavy atom. The largest absolute Gasteiger partial charge is 0.350 e. The molecule has 0 bridgehead atoms. The molecule has 0 aliphatic carbocycles. The van der Waals surface area contributed by atoms with Crippen LogP contribution in [0.4, 0.5) is 0 Å². The summed E-state index contributed by atoms with van der Waals surface area (Å²) >= 11 is 0. The van der Waals surface area contributed by atoms with Gasteiger partial charge in [-0.3, -0.25) is 9.78 Å². The van der Waals surface area contributed by atoms with E-state index < -0.39 is 0 Å². The van der Waals surface area contributed by atoms with Gasteiger partial charge in [0.25, 0.3) is 0 Å². The number of rotatable bonds is 5. The minimum absolute atomic E-state index is 0.0972. The van der Waals surface area contributed by atoms with Gasteiger partial charge in [0, 0.05) is 11.6 Å². The van der Waals surface area contributed by atoms with Crippen LogP contribution in [0.3, 0.4) is 0 Å². The van der Waals surface area contributed by atoms with E-state index in [-0.39, 0.29) is 11.3 Å². The molecular formula is C13H20N2O. The average Bonchev–Trinajstić information content (AvgIpc) is 2.27. The fourth-order valence-corrected chi connectivity index (χ4v) is 1.65. The summed E-state index contributed by atoms with van der Waals surface area (Å²) in [6.45, 7) is 6.55. The van der Waals surface area contributed by atoms with Crippen molar-refractivity contribution in [3.63, 3.8) is 0 Å². The first-order valence-electron chi connectivity index (χ1n) is 5.74. The van der Waals surface area contributed by atoms with Crippen LogP contribution in [0.1, 0.15) is 39.3 Å². The van der Waals surface area contributed by atoms with Crippen LogP contribution in [0.5, 0.6) is 0 Å². The number of carbonyl (C=O) groups is 1. The zero-order valence-electron chi connectivity index (χ0n) is 10.3. The number of hydrogen-bond acceptors (Lipinski definition) is 2. The zero-order chi connectivity index (χ0) is 12.0. The van der Waals surface area contributed by atoms with E-state index in [0.29, 0.717) is 6.54 Å². The molecule has 0 atom stereocenters. The summed E-state index contributed by atoms with van der Waals surface area (Å²) in [6.07, 6.45) is 3.66. The van der Waals surface area contributed by atoms with E-state index in [2.05, 4.69) is 17.2 Å². The molecule has 0 saturated heterocycles. The van der Waals surface area contributed by atoms with E-state index in [4.69, 9.17) is 0 Å². The molecule has 3 heteroatoms. The first kappa shape index (κ1) is 12.7. The van der Waals surface area contributed by atoms with Crippen molar-refractivity contribution >= 4 is 5.91 Å². The Kier molecular flexibility index (Phi) is 4.47. The number of aromatic nitrogens is 1. The number of nitrogens with one attached hydrogen (secondary N) is 1. The van der Waals surface area contributed by atoms with Crippen LogP contribution in [0.25, 0.3) is 0 Å². The van der Waals surface area contributed by atoms with Gasteiger partial charge in [0.2, 0.25) is 5.91 Å². The molecule has 0 aromatic carbocycles. The number of carbonyl (C=O) groups excluding carboxylic acids is 1. The Balaban J connectivity index is 2.47. The number of nitrogens with zero attached hydrogens (tertiary/aromatic N) is 1. The second kappa shape index (κ2) is 5.64. The van der Waals surface area contributed by atoms with E-state index in [1.165, 1.54) is 0 Å². The maximum absolute atomic E-state index is 11.9. The second-order valence-electron chi connectivity index (χ2n) is 4.64. The Hall–Kier alpha value is -1.38. The van der Waals surface area contributed by atoms with Gasteiger partial charge < -0.3 is 5.32 Å². The summed E-state index contributed by atoms with van der Waals surface area (Å²) in [5, 5.41) is 2.92. The molecule has 16 heavy (non-hydrogen) atoms. The topological polar surface area (TPSA) is 42.0 Å². The molecular weight excluding hydrogens is 200 g/mol. The predicted octanol–water partition coefficient (Wildman–Crippen LogP) is 2.52. The molecule has 88 valence electrons. The van der Waals surface area contributed by atoms with Gasteiger partial charge in [-0.2, -0.15) is 0 Å². The lowest BCUT2D eigenvalue weighted by molar-refractivity contribution is -0.129. The average molecular weight is 220 g/mol. The van der Waals surface area contributed by atoms with Gasteiger partial charge in [-0.1, -0.05) is 33.3 Å². The molecule has 0 unspecified atom stereocenters. The molecule has 0 spiro atoms. The summed E-state index contributed by atoms with van der Waals surface area (Å²) < 4.78 is 0. The van der Waals surface area contributed by atoms with Gasteiger partial charge in [0.05, 0.1) is 12.2 Å². The minimum Gasteiger partial charge on any atom is -0.350 e. The van der Waals surface area contributed by atoms with E-state index in [1.54, 1.807) is 6.20 Å². The van der Waals surface area contributed by atoms with Crippen molar-refractivity contribution in [1.29, 1.82) is 0 Å². The summed E-state index contributed by atoms with van der Waals surface area (Å²) in [6, 6.07) is 5.70. The summed E-state index contributed by atoms with van der Waals surface area (Å²) in [4.78, 5) is 16.1. The fourth-order valence-electron chi connectivity index (χ4n) is 1.65. The fraction of sp³-hybridized carbons (Fsp3) is 0.538. The lowest BCUT2D eigenvalue weighted by atomic mass is 9.87. The van der Waals surface area contributed by atoms with Crippen molar-refractivity contribution in [3.8, 4) is 0 Å². The van der Waals surface area contributed by atoms with E-state index in [1.807, 2.05) is 32.0 Å². The van der Waals surface area contributed by atoms with Crippen LogP contribution in [0, 0.1) is 5.41 Å². The van der Waals surface area contributed by atoms with Crippen LogP contribution >= 0.6 is 0 Å². The van der Waals surface area contributed by atoms with Crippen molar-refractivity contribution in [2.75, 3.05) is 0 Å². The van der Waals surface area contributed by atoms with Crippen molar-refractivity contribution in [2.45, 2.75) is 40.2 Å². The lowest BCUT2D eigenvalue weighted by Crippen LogP contribution is -2.36. The molecule has 1 aromatic heterocycles. The molecule has 1 heterocycles. The van der Waals surface area contributed by atoms with Crippen LogP contribution in [0.2, 0.25) is 0 Å². The number of amides is 1. The SMILES string of the molecule is CCCC(C)(C)C(=O)NCc1ccccn1. The van der Waals surface area contributed by atoms with E-state index in [0.717, 1.165) is 18.5 Å². The molecule has 0 aliphatic heterocycles. The third kappa shape index (κ3) is 3.65. The first-order valence-corrected chi connectivity index (χ1v) is 5.74. The van der Waals surface area contributed by atoms with Gasteiger partial charge in [-0.15, -0.1) is 0 Å². The number of pyridine rings is 1.